The zero-order valence-corrected chi connectivity index (χ0v) is 26.2. The second kappa shape index (κ2) is 15.6. The highest BCUT2D eigenvalue weighted by atomic mass is 79.9. The fourth-order valence-electron chi connectivity index (χ4n) is 4.48. The molecule has 1 unspecified atom stereocenters. The van der Waals surface area contributed by atoms with Crippen molar-refractivity contribution in [3.05, 3.63) is 94.5 Å². The lowest BCUT2D eigenvalue weighted by atomic mass is 10.0. The number of halogens is 1. The quantitative estimate of drug-likeness (QED) is 0.247. The van der Waals surface area contributed by atoms with Gasteiger partial charge in [0.05, 0.1) is 19.1 Å². The summed E-state index contributed by atoms with van der Waals surface area (Å²) in [7, 11) is -2.09. The number of rotatable bonds is 15. The Kier molecular flexibility index (Phi) is 12.2. The molecule has 0 radical (unpaired) electrons. The Morgan fingerprint density at radius 3 is 2.32 bits per heavy atom. The van der Waals surface area contributed by atoms with E-state index < -0.39 is 16.1 Å². The van der Waals surface area contributed by atoms with Crippen LogP contribution in [0, 0.1) is 0 Å². The van der Waals surface area contributed by atoms with E-state index in [0.717, 1.165) is 28.3 Å². The molecule has 0 saturated heterocycles. The van der Waals surface area contributed by atoms with E-state index in [1.165, 1.54) is 11.4 Å². The molecule has 0 aliphatic heterocycles. The van der Waals surface area contributed by atoms with Gasteiger partial charge < -0.3 is 15.0 Å². The Balaban J connectivity index is 1.86. The fourth-order valence-corrected chi connectivity index (χ4v) is 5.70. The summed E-state index contributed by atoms with van der Waals surface area (Å²) < 4.78 is 32.7. The zero-order chi connectivity index (χ0) is 29.8. The molecule has 0 fully saturated rings. The molecule has 2 amide bonds. The first-order chi connectivity index (χ1) is 19.6. The molecule has 8 nitrogen and oxygen atoms in total. The Morgan fingerprint density at radius 2 is 1.68 bits per heavy atom. The molecule has 1 N–H and O–H groups in total. The van der Waals surface area contributed by atoms with Gasteiger partial charge in [-0.25, -0.2) is 8.42 Å². The van der Waals surface area contributed by atoms with Gasteiger partial charge in [-0.2, -0.15) is 0 Å². The normalized spacial score (nSPS) is 11.9. The minimum Gasteiger partial charge on any atom is -0.497 e. The SMILES string of the molecule is CCCNC(=O)C(Cc1ccccc1)N(Cc1ccc(Br)cc1)C(=O)CCCN(c1cccc(OC)c1)S(C)(=O)=O. The van der Waals surface area contributed by atoms with Crippen LogP contribution in [0.25, 0.3) is 0 Å². The van der Waals surface area contributed by atoms with E-state index in [0.29, 0.717) is 24.4 Å². The van der Waals surface area contributed by atoms with Crippen molar-refractivity contribution in [2.45, 2.75) is 45.2 Å². The molecule has 3 aromatic rings. The van der Waals surface area contributed by atoms with Gasteiger partial charge in [0.15, 0.2) is 0 Å². The van der Waals surface area contributed by atoms with Gasteiger partial charge in [0.1, 0.15) is 11.8 Å². The van der Waals surface area contributed by atoms with Crippen molar-refractivity contribution >= 4 is 43.5 Å². The molecule has 3 rings (SSSR count). The molecule has 0 spiro atoms. The maximum absolute atomic E-state index is 13.8. The first-order valence-corrected chi connectivity index (χ1v) is 16.2. The zero-order valence-electron chi connectivity index (χ0n) is 23.8. The maximum atomic E-state index is 13.8. The van der Waals surface area contributed by atoms with Gasteiger partial charge in [-0.1, -0.05) is 71.4 Å². The van der Waals surface area contributed by atoms with Crippen LogP contribution in [0.3, 0.4) is 0 Å². The Hall–Kier alpha value is -3.37. The number of nitrogens with one attached hydrogen (secondary N) is 1. The standard InChI is InChI=1S/C31H38BrN3O5S/c1-4-19-33-31(37)29(21-24-10-6-5-7-11-24)34(23-25-15-17-26(32)18-16-25)30(36)14-9-20-35(41(3,38)39)27-12-8-13-28(22-27)40-2/h5-8,10-13,15-18,22,29H,4,9,14,19-21,23H2,1-3H3,(H,33,37). The molecular formula is C31H38BrN3O5S. The van der Waals surface area contributed by atoms with Crippen LogP contribution >= 0.6 is 15.9 Å². The average molecular weight is 645 g/mol. The van der Waals surface area contributed by atoms with Crippen molar-refractivity contribution in [2.24, 2.45) is 0 Å². The lowest BCUT2D eigenvalue weighted by Crippen LogP contribution is -2.50. The molecule has 10 heteroatoms. The molecule has 3 aromatic carbocycles. The van der Waals surface area contributed by atoms with E-state index in [9.17, 15) is 18.0 Å². The first-order valence-electron chi connectivity index (χ1n) is 13.6. The van der Waals surface area contributed by atoms with E-state index >= 15 is 0 Å². The molecule has 220 valence electrons. The van der Waals surface area contributed by atoms with Crippen LogP contribution in [-0.4, -0.2) is 57.6 Å². The summed E-state index contributed by atoms with van der Waals surface area (Å²) in [6.07, 6.45) is 2.61. The van der Waals surface area contributed by atoms with Crippen LogP contribution < -0.4 is 14.4 Å². The van der Waals surface area contributed by atoms with Crippen LogP contribution in [0.4, 0.5) is 5.69 Å². The molecule has 0 heterocycles. The lowest BCUT2D eigenvalue weighted by molar-refractivity contribution is -0.141. The van der Waals surface area contributed by atoms with Crippen molar-refractivity contribution in [3.8, 4) is 5.75 Å². The summed E-state index contributed by atoms with van der Waals surface area (Å²) in [6, 6.07) is 23.3. The third-order valence-corrected chi connectivity index (χ3v) is 8.30. The van der Waals surface area contributed by atoms with Gasteiger partial charge in [0, 0.05) is 43.0 Å². The summed E-state index contributed by atoms with van der Waals surface area (Å²) >= 11 is 3.45. The summed E-state index contributed by atoms with van der Waals surface area (Å²) in [5, 5.41) is 2.97. The predicted molar refractivity (Wildman–Crippen MR) is 166 cm³/mol. The Morgan fingerprint density at radius 1 is 0.976 bits per heavy atom. The second-order valence-corrected chi connectivity index (χ2v) is 12.6. The van der Waals surface area contributed by atoms with E-state index in [1.807, 2.05) is 61.5 Å². The number of methoxy groups -OCH3 is 1. The van der Waals surface area contributed by atoms with Crippen molar-refractivity contribution < 1.29 is 22.7 Å². The van der Waals surface area contributed by atoms with E-state index in [-0.39, 0.29) is 37.7 Å². The Bertz CT molecular complexity index is 1380. The van der Waals surface area contributed by atoms with Gasteiger partial charge in [-0.3, -0.25) is 13.9 Å². The topological polar surface area (TPSA) is 96.0 Å². The molecule has 0 aliphatic carbocycles. The van der Waals surface area contributed by atoms with Crippen LogP contribution in [-0.2, 0) is 32.6 Å². The summed E-state index contributed by atoms with van der Waals surface area (Å²) in [5.41, 5.74) is 2.29. The minimum atomic E-state index is -3.61. The highest BCUT2D eigenvalue weighted by molar-refractivity contribution is 9.10. The summed E-state index contributed by atoms with van der Waals surface area (Å²) in [6.45, 7) is 2.84. The second-order valence-electron chi connectivity index (χ2n) is 9.78. The predicted octanol–water partition coefficient (Wildman–Crippen LogP) is 5.17. The molecule has 41 heavy (non-hydrogen) atoms. The smallest absolute Gasteiger partial charge is 0.243 e. The van der Waals surface area contributed by atoms with Gasteiger partial charge >= 0.3 is 0 Å². The number of carbonyl (C=O) groups excluding carboxylic acids is 2. The number of ether oxygens (including phenoxy) is 1. The highest BCUT2D eigenvalue weighted by Gasteiger charge is 2.30. The summed E-state index contributed by atoms with van der Waals surface area (Å²) in [5.74, 6) is 0.102. The Labute approximate surface area is 251 Å². The number of amides is 2. The van der Waals surface area contributed by atoms with Gasteiger partial charge in [0.2, 0.25) is 21.8 Å². The van der Waals surface area contributed by atoms with Crippen molar-refractivity contribution in [2.75, 3.05) is 30.8 Å². The van der Waals surface area contributed by atoms with E-state index in [1.54, 1.807) is 29.2 Å². The third kappa shape index (κ3) is 9.89. The third-order valence-electron chi connectivity index (χ3n) is 6.58. The van der Waals surface area contributed by atoms with Crippen LogP contribution in [0.5, 0.6) is 5.75 Å². The van der Waals surface area contributed by atoms with Gasteiger partial charge in [-0.05, 0) is 48.2 Å². The number of anilines is 1. The van der Waals surface area contributed by atoms with E-state index in [4.69, 9.17) is 4.74 Å². The average Bonchev–Trinajstić information content (AvgIpc) is 2.96. The van der Waals surface area contributed by atoms with Crippen molar-refractivity contribution in [3.63, 3.8) is 0 Å². The van der Waals surface area contributed by atoms with Crippen LogP contribution in [0.1, 0.15) is 37.3 Å². The number of benzene rings is 3. The fraction of sp³-hybridized carbons (Fsp3) is 0.355. The maximum Gasteiger partial charge on any atom is 0.243 e. The number of sulfonamides is 1. The molecule has 0 aromatic heterocycles. The highest BCUT2D eigenvalue weighted by Crippen LogP contribution is 2.24. The molecule has 0 aliphatic rings. The number of nitrogens with zero attached hydrogens (tertiary/aromatic N) is 2. The van der Waals surface area contributed by atoms with Gasteiger partial charge in [-0.15, -0.1) is 0 Å². The van der Waals surface area contributed by atoms with Crippen molar-refractivity contribution in [1.29, 1.82) is 0 Å². The first kappa shape index (κ1) is 32.1. The van der Waals surface area contributed by atoms with Gasteiger partial charge in [0.25, 0.3) is 0 Å². The number of hydrogen-bond acceptors (Lipinski definition) is 5. The lowest BCUT2D eigenvalue weighted by Gasteiger charge is -2.32. The minimum absolute atomic E-state index is 0.0683. The molecular weight excluding hydrogens is 606 g/mol. The van der Waals surface area contributed by atoms with Crippen LogP contribution in [0.2, 0.25) is 0 Å². The molecule has 0 saturated carbocycles. The van der Waals surface area contributed by atoms with Crippen LogP contribution in [0.15, 0.2) is 83.3 Å². The molecule has 1 atom stereocenters. The van der Waals surface area contributed by atoms with E-state index in [2.05, 4.69) is 21.2 Å². The largest absolute Gasteiger partial charge is 0.497 e. The van der Waals surface area contributed by atoms with Crippen molar-refractivity contribution in [1.82, 2.24) is 10.2 Å². The number of carbonyl (C=O) groups is 2. The monoisotopic (exact) mass is 643 g/mol. The molecule has 0 bridgehead atoms. The summed E-state index contributed by atoms with van der Waals surface area (Å²) in [4.78, 5) is 28.9. The number of hydrogen-bond donors (Lipinski definition) is 1.